The molecule has 2 aromatic carbocycles. The highest BCUT2D eigenvalue weighted by atomic mass is 32.2. The first-order valence-corrected chi connectivity index (χ1v) is 27.2. The number of hydrogen-bond acceptors (Lipinski definition) is 18. The molecule has 2 unspecified atom stereocenters. The molecule has 410 valence electrons. The highest BCUT2D eigenvalue weighted by Crippen LogP contribution is 2.43. The zero-order valence-corrected chi connectivity index (χ0v) is 46.1. The van der Waals surface area contributed by atoms with E-state index in [-0.39, 0.29) is 25.7 Å². The number of Topliss-reactive ketones (excluding diaryl/α,β-unsaturated/α-hetero) is 1. The van der Waals surface area contributed by atoms with Gasteiger partial charge in [-0.15, -0.1) is 0 Å². The van der Waals surface area contributed by atoms with Gasteiger partial charge in [0.1, 0.15) is 29.2 Å². The molecule has 0 saturated carbocycles. The minimum absolute atomic E-state index is 0.00329. The molecule has 3 heterocycles. The summed E-state index contributed by atoms with van der Waals surface area (Å²) in [5.74, 6) is -6.74. The lowest BCUT2D eigenvalue weighted by Gasteiger charge is -2.50. The third-order valence-corrected chi connectivity index (χ3v) is 15.9. The Labute approximate surface area is 432 Å². The van der Waals surface area contributed by atoms with Crippen molar-refractivity contribution in [2.45, 2.75) is 186 Å². The predicted molar refractivity (Wildman–Crippen MR) is 269 cm³/mol. The first-order valence-electron chi connectivity index (χ1n) is 25.4. The molecule has 0 radical (unpaired) electrons. The Balaban J connectivity index is 1.68. The van der Waals surface area contributed by atoms with Gasteiger partial charge in [-0.25, -0.2) is 9.59 Å². The number of benzene rings is 2. The van der Waals surface area contributed by atoms with Crippen molar-refractivity contribution in [3.8, 4) is 0 Å². The van der Waals surface area contributed by atoms with Crippen LogP contribution < -0.4 is 0 Å². The van der Waals surface area contributed by atoms with Gasteiger partial charge in [-0.3, -0.25) is 13.8 Å². The number of cyclic esters (lactones) is 1. The number of methoxy groups -OCH3 is 2. The second kappa shape index (κ2) is 24.8. The van der Waals surface area contributed by atoms with E-state index in [9.17, 15) is 32.7 Å². The SMILES string of the molecule is CC[C@H]1OC(=O)[C@H](C)[C@@H](OC2C[C@@](C)(OC)[C@@H](OC(=O)c3ccccc3)[C@H](C)O2)[C@H](C)[C@@H](OC2O[C@H](C)C[C@H](N(C)C)[C@H]2OC(=O)c2ccccc2)[C@@](C)(OC)C[C@@H](C)C(=O)[C@H](C)[C@@H](OS(C)(=O)=O)[C@@]1(O)CC. The zero-order valence-electron chi connectivity index (χ0n) is 45.3. The molecule has 3 aliphatic rings. The van der Waals surface area contributed by atoms with Crippen LogP contribution in [0.2, 0.25) is 0 Å². The summed E-state index contributed by atoms with van der Waals surface area (Å²) in [5.41, 5.74) is -4.18. The molecule has 3 fully saturated rings. The Hall–Kier alpha value is -3.89. The molecule has 0 bridgehead atoms. The van der Waals surface area contributed by atoms with Crippen LogP contribution in [0.4, 0.5) is 0 Å². The number of rotatable bonds is 15. The van der Waals surface area contributed by atoms with Crippen molar-refractivity contribution < 1.29 is 79.5 Å². The Kier molecular flexibility index (Phi) is 20.4. The van der Waals surface area contributed by atoms with Crippen LogP contribution in [-0.2, 0) is 66.5 Å². The van der Waals surface area contributed by atoms with Crippen LogP contribution in [0.25, 0.3) is 0 Å². The lowest BCUT2D eigenvalue weighted by molar-refractivity contribution is -0.318. The van der Waals surface area contributed by atoms with Gasteiger partial charge >= 0.3 is 17.9 Å². The summed E-state index contributed by atoms with van der Waals surface area (Å²) < 4.78 is 90.2. The third-order valence-electron chi connectivity index (χ3n) is 15.3. The second-order valence-corrected chi connectivity index (χ2v) is 22.6. The molecule has 3 aliphatic heterocycles. The van der Waals surface area contributed by atoms with Gasteiger partial charge in [0.2, 0.25) is 0 Å². The number of carbonyl (C=O) groups excluding carboxylic acids is 4. The van der Waals surface area contributed by atoms with Crippen molar-refractivity contribution in [1.82, 2.24) is 4.90 Å². The van der Waals surface area contributed by atoms with Crippen molar-refractivity contribution in [2.24, 2.45) is 23.7 Å². The number of ketones is 1. The number of carbonyl (C=O) groups is 4. The molecule has 18 nitrogen and oxygen atoms in total. The molecule has 5 rings (SSSR count). The summed E-state index contributed by atoms with van der Waals surface area (Å²) in [7, 11) is 2.39. The lowest BCUT2D eigenvalue weighted by atomic mass is 9.73. The van der Waals surface area contributed by atoms with Crippen molar-refractivity contribution >= 4 is 33.8 Å². The van der Waals surface area contributed by atoms with Crippen molar-refractivity contribution in [1.29, 1.82) is 0 Å². The lowest BCUT2D eigenvalue weighted by Crippen LogP contribution is -2.62. The van der Waals surface area contributed by atoms with Gasteiger partial charge in [-0.2, -0.15) is 8.42 Å². The molecule has 0 amide bonds. The van der Waals surface area contributed by atoms with Crippen LogP contribution in [-0.4, -0.2) is 161 Å². The zero-order chi connectivity index (χ0) is 54.4. The Morgan fingerprint density at radius 1 is 0.753 bits per heavy atom. The predicted octanol–water partition coefficient (Wildman–Crippen LogP) is 6.54. The van der Waals surface area contributed by atoms with E-state index in [0.717, 1.165) is 6.26 Å². The fourth-order valence-corrected chi connectivity index (χ4v) is 11.8. The first-order chi connectivity index (χ1) is 34.2. The molecular formula is C54H81NO17S. The number of esters is 3. The maximum atomic E-state index is 15.0. The summed E-state index contributed by atoms with van der Waals surface area (Å²) in [4.78, 5) is 59.1. The average molecular weight is 1050 g/mol. The topological polar surface area (TPSA) is 218 Å². The Morgan fingerprint density at radius 3 is 1.81 bits per heavy atom. The van der Waals surface area contributed by atoms with Crippen LogP contribution in [0, 0.1) is 23.7 Å². The van der Waals surface area contributed by atoms with Gasteiger partial charge in [0.15, 0.2) is 24.8 Å². The number of aliphatic hydroxyl groups is 1. The van der Waals surface area contributed by atoms with E-state index >= 15 is 0 Å². The molecule has 18 atom stereocenters. The fraction of sp³-hybridized carbons (Fsp3) is 0.704. The Bertz CT molecular complexity index is 2270. The van der Waals surface area contributed by atoms with Crippen LogP contribution in [0.1, 0.15) is 122 Å². The summed E-state index contributed by atoms with van der Waals surface area (Å²) in [6.45, 7) is 17.0. The summed E-state index contributed by atoms with van der Waals surface area (Å²) in [6, 6.07) is 16.7. The van der Waals surface area contributed by atoms with E-state index < -0.39 is 142 Å². The summed E-state index contributed by atoms with van der Waals surface area (Å²) in [6.07, 6.45) is -9.84. The standard InChI is InChI=1S/C54H81NO17S/c1-16-40-54(60,17-2)46(72-73(15,61)62)33(5)42(56)31(3)29-52(9,63-13)45(71-51-44(39(55(11)12)28-32(4)65-51)69-49(58)37-24-20-18-21-25-37)34(6)43(35(7)48(57)67-40)68-41-30-53(10,64-14)47(36(8)66-41)70-50(59)38-26-22-19-23-27-38/h18-27,31-36,39-41,43-47,51,60H,16-17,28-30H2,1-15H3/t31-,32-,33+,34+,35-,36+,39+,40-,41?,43+,44-,45-,46-,47+,51?,52+,53-,54-/m1/s1. The van der Waals surface area contributed by atoms with Gasteiger partial charge in [-0.1, -0.05) is 71.0 Å². The van der Waals surface area contributed by atoms with Crippen LogP contribution in [0.15, 0.2) is 60.7 Å². The highest BCUT2D eigenvalue weighted by Gasteiger charge is 2.56. The molecule has 2 aromatic rings. The number of ether oxygens (including phenoxy) is 9. The van der Waals surface area contributed by atoms with E-state index in [4.69, 9.17) is 46.8 Å². The molecule has 1 N–H and O–H groups in total. The van der Waals surface area contributed by atoms with Gasteiger partial charge in [0, 0.05) is 38.4 Å². The van der Waals surface area contributed by atoms with Crippen LogP contribution in [0.5, 0.6) is 0 Å². The second-order valence-electron chi connectivity index (χ2n) is 21.0. The normalized spacial score (nSPS) is 38.2. The minimum atomic E-state index is -4.31. The average Bonchev–Trinajstić information content (AvgIpc) is 3.35. The van der Waals surface area contributed by atoms with Gasteiger partial charge in [-0.05, 0) is 98.7 Å². The van der Waals surface area contributed by atoms with E-state index in [2.05, 4.69) is 0 Å². The highest BCUT2D eigenvalue weighted by molar-refractivity contribution is 7.86. The molecule has 0 aromatic heterocycles. The quantitative estimate of drug-likeness (QED) is 0.114. The van der Waals surface area contributed by atoms with E-state index in [1.807, 2.05) is 25.9 Å². The minimum Gasteiger partial charge on any atom is -0.459 e. The van der Waals surface area contributed by atoms with E-state index in [0.29, 0.717) is 17.5 Å². The van der Waals surface area contributed by atoms with Gasteiger partial charge < -0.3 is 52.6 Å². The van der Waals surface area contributed by atoms with Crippen LogP contribution >= 0.6 is 0 Å². The van der Waals surface area contributed by atoms with Gasteiger partial charge in [0.25, 0.3) is 10.1 Å². The number of hydrogen-bond donors (Lipinski definition) is 1. The molecule has 0 aliphatic carbocycles. The van der Waals surface area contributed by atoms with Crippen molar-refractivity contribution in [3.63, 3.8) is 0 Å². The maximum absolute atomic E-state index is 15.0. The number of nitrogens with zero attached hydrogens (tertiary/aromatic N) is 1. The smallest absolute Gasteiger partial charge is 0.338 e. The molecule has 3 saturated heterocycles. The van der Waals surface area contributed by atoms with E-state index in [1.54, 1.807) is 116 Å². The Morgan fingerprint density at radius 2 is 1.30 bits per heavy atom. The molecular weight excluding hydrogens is 967 g/mol. The maximum Gasteiger partial charge on any atom is 0.338 e. The van der Waals surface area contributed by atoms with E-state index in [1.165, 1.54) is 21.1 Å². The van der Waals surface area contributed by atoms with Gasteiger partial charge in [0.05, 0.1) is 59.4 Å². The number of likely N-dealkylation sites (N-methyl/N-ethyl adjacent to an activating group) is 1. The summed E-state index contributed by atoms with van der Waals surface area (Å²) in [5, 5.41) is 12.6. The monoisotopic (exact) mass is 1050 g/mol. The van der Waals surface area contributed by atoms with Crippen molar-refractivity contribution in [3.05, 3.63) is 71.8 Å². The molecule has 19 heteroatoms. The van der Waals surface area contributed by atoms with Crippen molar-refractivity contribution in [2.75, 3.05) is 34.6 Å². The third kappa shape index (κ3) is 13.9. The first kappa shape index (κ1) is 60.0. The summed E-state index contributed by atoms with van der Waals surface area (Å²) >= 11 is 0. The molecule has 73 heavy (non-hydrogen) atoms. The molecule has 0 spiro atoms. The van der Waals surface area contributed by atoms with Crippen LogP contribution in [0.3, 0.4) is 0 Å². The fourth-order valence-electron chi connectivity index (χ4n) is 11.0. The largest absolute Gasteiger partial charge is 0.459 e.